The average Bonchev–Trinajstić information content (AvgIpc) is 2.36. The van der Waals surface area contributed by atoms with Crippen LogP contribution in [-0.4, -0.2) is 11.1 Å². The highest BCUT2D eigenvalue weighted by Crippen LogP contribution is 2.30. The van der Waals surface area contributed by atoms with E-state index in [2.05, 4.69) is 0 Å². The van der Waals surface area contributed by atoms with Crippen LogP contribution < -0.4 is 10.5 Å². The zero-order valence-electron chi connectivity index (χ0n) is 9.56. The first-order chi connectivity index (χ1) is 8.99. The zero-order chi connectivity index (χ0) is 14.0. The molecule has 0 atom stereocenters. The number of rotatable bonds is 3. The van der Waals surface area contributed by atoms with Gasteiger partial charge in [-0.25, -0.2) is 13.6 Å². The van der Waals surface area contributed by atoms with Crippen molar-refractivity contribution in [2.75, 3.05) is 5.73 Å². The van der Waals surface area contributed by atoms with E-state index < -0.39 is 17.6 Å². The van der Waals surface area contributed by atoms with Crippen LogP contribution in [0.4, 0.5) is 14.5 Å². The molecule has 0 fully saturated rings. The molecule has 0 aromatic heterocycles. The number of nitrogen functional groups attached to an aromatic ring is 1. The second-order valence-corrected chi connectivity index (χ2v) is 3.70. The van der Waals surface area contributed by atoms with Gasteiger partial charge in [-0.3, -0.25) is 0 Å². The summed E-state index contributed by atoms with van der Waals surface area (Å²) >= 11 is 0. The van der Waals surface area contributed by atoms with Gasteiger partial charge in [-0.15, -0.1) is 0 Å². The molecule has 0 radical (unpaired) electrons. The van der Waals surface area contributed by atoms with Crippen molar-refractivity contribution in [2.24, 2.45) is 0 Å². The molecule has 0 saturated carbocycles. The van der Waals surface area contributed by atoms with Crippen LogP contribution in [-0.2, 0) is 0 Å². The molecule has 2 rings (SSSR count). The highest BCUT2D eigenvalue weighted by atomic mass is 19.2. The van der Waals surface area contributed by atoms with Crippen LogP contribution in [0.5, 0.6) is 11.5 Å². The van der Waals surface area contributed by atoms with Crippen molar-refractivity contribution in [3.05, 3.63) is 53.6 Å². The molecule has 2 aromatic rings. The number of hydrogen-bond donors (Lipinski definition) is 2. The highest BCUT2D eigenvalue weighted by Gasteiger charge is 2.13. The number of carbonyl (C=O) groups is 1. The first kappa shape index (κ1) is 12.8. The maximum atomic E-state index is 13.0. The molecule has 0 spiro atoms. The van der Waals surface area contributed by atoms with Crippen molar-refractivity contribution >= 4 is 11.7 Å². The number of anilines is 1. The molecule has 0 aliphatic rings. The van der Waals surface area contributed by atoms with Crippen LogP contribution >= 0.6 is 0 Å². The monoisotopic (exact) mass is 265 g/mol. The van der Waals surface area contributed by atoms with E-state index in [9.17, 15) is 13.6 Å². The molecule has 0 aliphatic heterocycles. The summed E-state index contributed by atoms with van der Waals surface area (Å²) in [5.41, 5.74) is 5.42. The number of hydrogen-bond acceptors (Lipinski definition) is 3. The van der Waals surface area contributed by atoms with E-state index in [4.69, 9.17) is 15.6 Å². The summed E-state index contributed by atoms with van der Waals surface area (Å²) < 4.78 is 31.0. The first-order valence-corrected chi connectivity index (χ1v) is 5.23. The SMILES string of the molecule is Nc1c(Oc2ccc(F)c(F)c2)cccc1C(=O)O. The predicted octanol–water partition coefficient (Wildman–Crippen LogP) is 3.04. The molecule has 0 saturated heterocycles. The van der Waals surface area contributed by atoms with E-state index in [1.165, 1.54) is 24.3 Å². The van der Waals surface area contributed by atoms with Crippen molar-refractivity contribution in [2.45, 2.75) is 0 Å². The van der Waals surface area contributed by atoms with Gasteiger partial charge in [0.05, 0.1) is 11.3 Å². The minimum atomic E-state index is -1.20. The van der Waals surface area contributed by atoms with Crippen LogP contribution in [0.15, 0.2) is 36.4 Å². The van der Waals surface area contributed by atoms with Gasteiger partial charge < -0.3 is 15.6 Å². The molecule has 0 heterocycles. The lowest BCUT2D eigenvalue weighted by Gasteiger charge is -2.10. The second kappa shape index (κ2) is 4.93. The van der Waals surface area contributed by atoms with E-state index in [1.807, 2.05) is 0 Å². The number of aromatic carboxylic acids is 1. The predicted molar refractivity (Wildman–Crippen MR) is 64.2 cm³/mol. The Morgan fingerprint density at radius 2 is 1.89 bits per heavy atom. The third kappa shape index (κ3) is 2.62. The topological polar surface area (TPSA) is 72.5 Å². The van der Waals surface area contributed by atoms with E-state index in [0.717, 1.165) is 12.1 Å². The summed E-state index contributed by atoms with van der Waals surface area (Å²) in [5, 5.41) is 8.89. The number of carboxylic acid groups (broad SMARTS) is 1. The Hall–Kier alpha value is -2.63. The third-order valence-corrected chi connectivity index (χ3v) is 2.42. The Balaban J connectivity index is 2.35. The van der Waals surface area contributed by atoms with Crippen molar-refractivity contribution in [3.8, 4) is 11.5 Å². The summed E-state index contributed by atoms with van der Waals surface area (Å²) in [4.78, 5) is 10.9. The third-order valence-electron chi connectivity index (χ3n) is 2.42. The van der Waals surface area contributed by atoms with Gasteiger partial charge in [0.2, 0.25) is 0 Å². The van der Waals surface area contributed by atoms with Crippen molar-refractivity contribution < 1.29 is 23.4 Å². The maximum absolute atomic E-state index is 13.0. The Morgan fingerprint density at radius 3 is 2.53 bits per heavy atom. The van der Waals surface area contributed by atoms with E-state index in [1.54, 1.807) is 0 Å². The normalized spacial score (nSPS) is 10.2. The van der Waals surface area contributed by atoms with Crippen molar-refractivity contribution in [1.82, 2.24) is 0 Å². The molecular formula is C13H9F2NO3. The van der Waals surface area contributed by atoms with Gasteiger partial charge in [-0.2, -0.15) is 0 Å². The summed E-state index contributed by atoms with van der Waals surface area (Å²) in [7, 11) is 0. The van der Waals surface area contributed by atoms with E-state index in [0.29, 0.717) is 0 Å². The van der Waals surface area contributed by atoms with Crippen LogP contribution in [0, 0.1) is 11.6 Å². The van der Waals surface area contributed by atoms with Gasteiger partial charge in [0.25, 0.3) is 0 Å². The number of halogens is 2. The summed E-state index contributed by atoms with van der Waals surface area (Å²) in [6.45, 7) is 0. The molecule has 3 N–H and O–H groups in total. The number of para-hydroxylation sites is 1. The Bertz CT molecular complexity index is 644. The fourth-order valence-corrected chi connectivity index (χ4v) is 1.49. The average molecular weight is 265 g/mol. The highest BCUT2D eigenvalue weighted by molar-refractivity contribution is 5.95. The van der Waals surface area contributed by atoms with Gasteiger partial charge in [0.15, 0.2) is 17.4 Å². The Morgan fingerprint density at radius 1 is 1.16 bits per heavy atom. The number of carboxylic acids is 1. The molecule has 2 aromatic carbocycles. The number of nitrogens with two attached hydrogens (primary N) is 1. The van der Waals surface area contributed by atoms with Gasteiger partial charge in [-0.05, 0) is 24.3 Å². The van der Waals surface area contributed by atoms with Crippen LogP contribution in [0.2, 0.25) is 0 Å². The summed E-state index contributed by atoms with van der Waals surface area (Å²) in [6.07, 6.45) is 0. The fourth-order valence-electron chi connectivity index (χ4n) is 1.49. The van der Waals surface area contributed by atoms with E-state index in [-0.39, 0.29) is 22.7 Å². The lowest BCUT2D eigenvalue weighted by atomic mass is 10.1. The second-order valence-electron chi connectivity index (χ2n) is 3.70. The molecular weight excluding hydrogens is 256 g/mol. The number of ether oxygens (including phenoxy) is 1. The molecule has 0 unspecified atom stereocenters. The maximum Gasteiger partial charge on any atom is 0.337 e. The molecule has 6 heteroatoms. The van der Waals surface area contributed by atoms with Crippen molar-refractivity contribution in [1.29, 1.82) is 0 Å². The van der Waals surface area contributed by atoms with Crippen LogP contribution in [0.1, 0.15) is 10.4 Å². The minimum absolute atomic E-state index is 0.0214. The Labute approximate surface area is 107 Å². The lowest BCUT2D eigenvalue weighted by Crippen LogP contribution is -2.03. The smallest absolute Gasteiger partial charge is 0.337 e. The zero-order valence-corrected chi connectivity index (χ0v) is 9.56. The lowest BCUT2D eigenvalue weighted by molar-refractivity contribution is 0.0697. The van der Waals surface area contributed by atoms with Gasteiger partial charge in [0.1, 0.15) is 5.75 Å². The van der Waals surface area contributed by atoms with Gasteiger partial charge >= 0.3 is 5.97 Å². The van der Waals surface area contributed by atoms with Gasteiger partial charge in [0, 0.05) is 6.07 Å². The summed E-state index contributed by atoms with van der Waals surface area (Å²) in [6, 6.07) is 7.16. The fraction of sp³-hybridized carbons (Fsp3) is 0. The van der Waals surface area contributed by atoms with Crippen LogP contribution in [0.3, 0.4) is 0 Å². The molecule has 0 aliphatic carbocycles. The molecule has 0 amide bonds. The molecule has 0 bridgehead atoms. The molecule has 4 nitrogen and oxygen atoms in total. The Kier molecular flexibility index (Phi) is 3.33. The van der Waals surface area contributed by atoms with Crippen molar-refractivity contribution in [3.63, 3.8) is 0 Å². The van der Waals surface area contributed by atoms with Crippen LogP contribution in [0.25, 0.3) is 0 Å². The first-order valence-electron chi connectivity index (χ1n) is 5.23. The quantitative estimate of drug-likeness (QED) is 0.836. The molecule has 19 heavy (non-hydrogen) atoms. The van der Waals surface area contributed by atoms with E-state index >= 15 is 0 Å². The largest absolute Gasteiger partial charge is 0.478 e. The molecule has 98 valence electrons. The van der Waals surface area contributed by atoms with Gasteiger partial charge in [-0.1, -0.05) is 6.07 Å². The number of benzene rings is 2. The summed E-state index contributed by atoms with van der Waals surface area (Å²) in [5.74, 6) is -3.18. The minimum Gasteiger partial charge on any atom is -0.478 e. The standard InChI is InChI=1S/C13H9F2NO3/c14-9-5-4-7(6-10(9)15)19-11-3-1-2-8(12(11)16)13(17)18/h1-6H,16H2,(H,17,18).